The van der Waals surface area contributed by atoms with Crippen molar-refractivity contribution >= 4 is 43.6 Å². The van der Waals surface area contributed by atoms with Crippen LogP contribution >= 0.6 is 0 Å². The molecule has 0 spiro atoms. The first-order valence-corrected chi connectivity index (χ1v) is 19.7. The van der Waals surface area contributed by atoms with E-state index < -0.39 is 5.41 Å². The molecule has 0 aliphatic carbocycles. The summed E-state index contributed by atoms with van der Waals surface area (Å²) in [4.78, 5) is 0. The second-order valence-electron chi connectivity index (χ2n) is 14.9. The molecule has 0 aliphatic heterocycles. The second kappa shape index (κ2) is 13.4. The molecule has 2 heteroatoms. The Morgan fingerprint density at radius 3 is 1.16 bits per heavy atom. The van der Waals surface area contributed by atoms with Crippen LogP contribution < -0.4 is 0 Å². The molecule has 2 heterocycles. The fraction of sp³-hybridized carbons (Fsp3) is 0.0182. The van der Waals surface area contributed by atoms with Gasteiger partial charge < -0.3 is 9.13 Å². The topological polar surface area (TPSA) is 9.86 Å². The summed E-state index contributed by atoms with van der Waals surface area (Å²) in [5.74, 6) is 0. The van der Waals surface area contributed by atoms with Crippen molar-refractivity contribution in [2.45, 2.75) is 5.41 Å². The Morgan fingerprint density at radius 2 is 0.632 bits per heavy atom. The minimum Gasteiger partial charge on any atom is -0.309 e. The molecule has 2 nitrogen and oxygen atoms in total. The predicted octanol–water partition coefficient (Wildman–Crippen LogP) is 13.9. The van der Waals surface area contributed by atoms with E-state index >= 15 is 0 Å². The highest BCUT2D eigenvalue weighted by atomic mass is 15.0. The number of para-hydroxylation sites is 3. The Balaban J connectivity index is 1.08. The third-order valence-electron chi connectivity index (χ3n) is 11.8. The predicted molar refractivity (Wildman–Crippen MR) is 239 cm³/mol. The van der Waals surface area contributed by atoms with Gasteiger partial charge in [-0.05, 0) is 88.0 Å². The Bertz CT molecular complexity index is 3080. The molecular weight excluding hydrogens is 689 g/mol. The van der Waals surface area contributed by atoms with Gasteiger partial charge in [0.05, 0.1) is 27.5 Å². The lowest BCUT2D eigenvalue weighted by Crippen LogP contribution is -2.31. The molecule has 11 aromatic rings. The lowest BCUT2D eigenvalue weighted by Gasteiger charge is -2.37. The van der Waals surface area contributed by atoms with Crippen LogP contribution in [0.5, 0.6) is 0 Å². The second-order valence-corrected chi connectivity index (χ2v) is 14.9. The molecule has 11 rings (SSSR count). The molecular formula is C55H38N2. The summed E-state index contributed by atoms with van der Waals surface area (Å²) in [7, 11) is 0. The van der Waals surface area contributed by atoms with Gasteiger partial charge in [-0.3, -0.25) is 0 Å². The summed E-state index contributed by atoms with van der Waals surface area (Å²) >= 11 is 0. The number of fused-ring (bicyclic) bond motifs is 6. The van der Waals surface area contributed by atoms with Crippen LogP contribution in [0.15, 0.2) is 231 Å². The largest absolute Gasteiger partial charge is 0.309 e. The van der Waals surface area contributed by atoms with Gasteiger partial charge in [-0.2, -0.15) is 0 Å². The number of benzene rings is 9. The van der Waals surface area contributed by atoms with Crippen LogP contribution in [0.25, 0.3) is 66.1 Å². The van der Waals surface area contributed by atoms with Gasteiger partial charge in [-0.25, -0.2) is 0 Å². The molecule has 268 valence electrons. The minimum absolute atomic E-state index is 0.516. The van der Waals surface area contributed by atoms with E-state index in [1.54, 1.807) is 0 Å². The van der Waals surface area contributed by atoms with Gasteiger partial charge in [-0.15, -0.1) is 0 Å². The van der Waals surface area contributed by atoms with E-state index in [9.17, 15) is 0 Å². The highest BCUT2D eigenvalue weighted by Crippen LogP contribution is 2.46. The molecule has 9 aromatic carbocycles. The third kappa shape index (κ3) is 5.18. The van der Waals surface area contributed by atoms with Crippen molar-refractivity contribution in [3.05, 3.63) is 253 Å². The normalized spacial score (nSPS) is 11.9. The van der Waals surface area contributed by atoms with Crippen LogP contribution in [-0.4, -0.2) is 9.13 Å². The van der Waals surface area contributed by atoms with Crippen LogP contribution in [0.2, 0.25) is 0 Å². The van der Waals surface area contributed by atoms with Gasteiger partial charge in [0.25, 0.3) is 0 Å². The van der Waals surface area contributed by atoms with E-state index in [0.717, 1.165) is 11.4 Å². The first kappa shape index (κ1) is 33.0. The van der Waals surface area contributed by atoms with Crippen molar-refractivity contribution in [3.63, 3.8) is 0 Å². The van der Waals surface area contributed by atoms with Crippen LogP contribution in [0.1, 0.15) is 22.3 Å². The molecule has 0 atom stereocenters. The van der Waals surface area contributed by atoms with Gasteiger partial charge in [0.15, 0.2) is 0 Å². The Kier molecular flexibility index (Phi) is 7.75. The molecule has 0 fully saturated rings. The molecule has 57 heavy (non-hydrogen) atoms. The van der Waals surface area contributed by atoms with Gasteiger partial charge in [0.2, 0.25) is 0 Å². The number of hydrogen-bond donors (Lipinski definition) is 0. The number of nitrogens with zero attached hydrogens (tertiary/aromatic N) is 2. The van der Waals surface area contributed by atoms with Crippen molar-refractivity contribution < 1.29 is 0 Å². The summed E-state index contributed by atoms with van der Waals surface area (Å²) in [6, 6.07) is 84.2. The van der Waals surface area contributed by atoms with Crippen LogP contribution in [-0.2, 0) is 5.41 Å². The average Bonchev–Trinajstić information content (AvgIpc) is 3.81. The number of hydrogen-bond acceptors (Lipinski definition) is 0. The molecule has 0 saturated carbocycles. The zero-order valence-corrected chi connectivity index (χ0v) is 31.3. The summed E-state index contributed by atoms with van der Waals surface area (Å²) in [6.07, 6.45) is 0. The highest BCUT2D eigenvalue weighted by molar-refractivity contribution is 6.12. The van der Waals surface area contributed by atoms with Gasteiger partial charge >= 0.3 is 0 Å². The molecule has 0 N–H and O–H groups in total. The zero-order valence-electron chi connectivity index (χ0n) is 31.3. The standard InChI is InChI=1S/C55H38N2/c1-4-20-41(21-5-1)55(42-22-6-2-7-23-42,43-24-8-3-9-25-43)44-26-16-18-39(36-44)40-19-17-27-45(37-40)56-53-33-15-12-30-49(53)50-38-46(34-35-54(50)56)57-51-31-13-10-28-47(51)48-29-11-14-32-52(48)57/h1-38H. The molecule has 0 saturated heterocycles. The average molecular weight is 727 g/mol. The smallest absolute Gasteiger partial charge is 0.0701 e. The van der Waals surface area contributed by atoms with Crippen molar-refractivity contribution in [2.75, 3.05) is 0 Å². The minimum atomic E-state index is -0.516. The lowest BCUT2D eigenvalue weighted by atomic mass is 9.65. The molecule has 0 aliphatic rings. The molecule has 0 unspecified atom stereocenters. The van der Waals surface area contributed by atoms with Crippen LogP contribution in [0.4, 0.5) is 0 Å². The molecule has 0 bridgehead atoms. The fourth-order valence-electron chi connectivity index (χ4n) is 9.40. The van der Waals surface area contributed by atoms with Crippen LogP contribution in [0, 0.1) is 0 Å². The quantitative estimate of drug-likeness (QED) is 0.145. The summed E-state index contributed by atoms with van der Waals surface area (Å²) in [5.41, 5.74) is 13.9. The van der Waals surface area contributed by atoms with Gasteiger partial charge in [0.1, 0.15) is 0 Å². The number of rotatable bonds is 7. The maximum absolute atomic E-state index is 2.43. The van der Waals surface area contributed by atoms with E-state index in [0.29, 0.717) is 0 Å². The Morgan fingerprint density at radius 1 is 0.246 bits per heavy atom. The summed E-state index contributed by atoms with van der Waals surface area (Å²) in [6.45, 7) is 0. The van der Waals surface area contributed by atoms with Crippen molar-refractivity contribution in [2.24, 2.45) is 0 Å². The summed E-state index contributed by atoms with van der Waals surface area (Å²) < 4.78 is 4.83. The van der Waals surface area contributed by atoms with E-state index in [1.807, 2.05) is 0 Å². The van der Waals surface area contributed by atoms with E-state index in [4.69, 9.17) is 0 Å². The third-order valence-corrected chi connectivity index (χ3v) is 11.8. The Hall–Kier alpha value is -7.42. The van der Waals surface area contributed by atoms with Crippen LogP contribution in [0.3, 0.4) is 0 Å². The van der Waals surface area contributed by atoms with Crippen molar-refractivity contribution in [3.8, 4) is 22.5 Å². The zero-order chi connectivity index (χ0) is 37.8. The maximum Gasteiger partial charge on any atom is 0.0701 e. The van der Waals surface area contributed by atoms with Crippen molar-refractivity contribution in [1.29, 1.82) is 0 Å². The SMILES string of the molecule is c1ccc(C(c2ccccc2)(c2ccccc2)c2cccc(-c3cccc(-n4c5ccccc5c5cc(-n6c7ccccc7c7ccccc76)ccc54)c3)c2)cc1. The first-order chi connectivity index (χ1) is 28.3. The monoisotopic (exact) mass is 726 g/mol. The first-order valence-electron chi connectivity index (χ1n) is 19.7. The van der Waals surface area contributed by atoms with E-state index in [1.165, 1.54) is 77.0 Å². The fourth-order valence-corrected chi connectivity index (χ4v) is 9.40. The van der Waals surface area contributed by atoms with E-state index in [-0.39, 0.29) is 0 Å². The number of aromatic nitrogens is 2. The van der Waals surface area contributed by atoms with Gasteiger partial charge in [0, 0.05) is 32.9 Å². The highest BCUT2D eigenvalue weighted by Gasteiger charge is 2.38. The Labute approximate surface area is 332 Å². The van der Waals surface area contributed by atoms with Gasteiger partial charge in [-0.1, -0.05) is 176 Å². The molecule has 0 radical (unpaired) electrons. The lowest BCUT2D eigenvalue weighted by molar-refractivity contribution is 0.745. The molecule has 0 amide bonds. The maximum atomic E-state index is 2.43. The summed E-state index contributed by atoms with van der Waals surface area (Å²) in [5, 5.41) is 5.01. The molecule has 2 aromatic heterocycles. The van der Waals surface area contributed by atoms with Crippen molar-refractivity contribution in [1.82, 2.24) is 9.13 Å². The van der Waals surface area contributed by atoms with E-state index in [2.05, 4.69) is 240 Å².